The Hall–Kier alpha value is -3.61. The van der Waals surface area contributed by atoms with Crippen LogP contribution in [0.3, 0.4) is 0 Å². The average molecular weight is 375 g/mol. The van der Waals surface area contributed by atoms with Crippen molar-refractivity contribution >= 4 is 27.8 Å². The topological polar surface area (TPSA) is 86.8 Å². The van der Waals surface area contributed by atoms with Crippen molar-refractivity contribution in [2.75, 3.05) is 14.1 Å². The number of hydrogen-bond acceptors (Lipinski definition) is 3. The molecule has 3 heterocycles. The molecule has 0 unspecified atom stereocenters. The van der Waals surface area contributed by atoms with Crippen molar-refractivity contribution in [2.45, 2.75) is 13.0 Å². The summed E-state index contributed by atoms with van der Waals surface area (Å²) in [6.45, 7) is 4.27. The number of carbonyl (C=O) groups excluding carboxylic acids is 1. The Kier molecular flexibility index (Phi) is 4.35. The predicted molar refractivity (Wildman–Crippen MR) is 110 cm³/mol. The molecule has 0 fully saturated rings. The van der Waals surface area contributed by atoms with Crippen molar-refractivity contribution in [3.63, 3.8) is 0 Å². The maximum Gasteiger partial charge on any atom is 0.274 e. The molecule has 4 rings (SSSR count). The van der Waals surface area contributed by atoms with Crippen LogP contribution in [-0.4, -0.2) is 44.4 Å². The first kappa shape index (κ1) is 17.8. The number of rotatable bonds is 5. The molecule has 1 aromatic carbocycles. The van der Waals surface area contributed by atoms with Crippen LogP contribution in [0.15, 0.2) is 54.4 Å². The van der Waals surface area contributed by atoms with Gasteiger partial charge in [0.05, 0.1) is 17.4 Å². The summed E-state index contributed by atoms with van der Waals surface area (Å²) in [6, 6.07) is 5.52. The predicted octanol–water partition coefficient (Wildman–Crippen LogP) is 3.15. The third-order valence-electron chi connectivity index (χ3n) is 4.84. The summed E-state index contributed by atoms with van der Waals surface area (Å²) in [5.74, 6) is -0.0944. The van der Waals surface area contributed by atoms with Crippen LogP contribution < -0.4 is 5.56 Å². The Bertz CT molecular complexity index is 1260. The second-order valence-corrected chi connectivity index (χ2v) is 6.91. The number of amides is 1. The normalized spacial score (nSPS) is 11.2. The fourth-order valence-corrected chi connectivity index (χ4v) is 3.45. The maximum atomic E-state index is 12.8. The lowest BCUT2D eigenvalue weighted by atomic mass is 9.99. The molecule has 1 amide bonds. The lowest BCUT2D eigenvalue weighted by Crippen LogP contribution is -2.22. The first-order valence-corrected chi connectivity index (χ1v) is 9.02. The van der Waals surface area contributed by atoms with Gasteiger partial charge in [-0.15, -0.1) is 6.58 Å². The Morgan fingerprint density at radius 2 is 2.11 bits per heavy atom. The first-order chi connectivity index (χ1) is 13.5. The summed E-state index contributed by atoms with van der Waals surface area (Å²) in [5.41, 5.74) is 4.21. The van der Waals surface area contributed by atoms with Gasteiger partial charge >= 0.3 is 0 Å². The molecule has 0 spiro atoms. The number of allylic oxidation sites excluding steroid dienone is 1. The van der Waals surface area contributed by atoms with E-state index in [9.17, 15) is 9.59 Å². The number of aryl methyl sites for hydroxylation is 1. The van der Waals surface area contributed by atoms with Crippen LogP contribution in [0.2, 0.25) is 0 Å². The van der Waals surface area contributed by atoms with Crippen LogP contribution >= 0.6 is 0 Å². The van der Waals surface area contributed by atoms with Crippen LogP contribution in [-0.2, 0) is 6.54 Å². The number of nitrogens with one attached hydrogen (secondary N) is 2. The van der Waals surface area contributed by atoms with E-state index in [1.165, 1.54) is 4.90 Å². The number of nitrogens with zero attached hydrogens (tertiary/aromatic N) is 3. The van der Waals surface area contributed by atoms with E-state index in [2.05, 4.69) is 21.5 Å². The number of fused-ring (bicyclic) bond motifs is 2. The number of carbonyl (C=O) groups is 1. The highest BCUT2D eigenvalue weighted by molar-refractivity contribution is 6.06. The lowest BCUT2D eigenvalue weighted by molar-refractivity contribution is 0.0828. The first-order valence-electron chi connectivity index (χ1n) is 9.02. The number of aromatic amines is 2. The van der Waals surface area contributed by atoms with E-state index in [0.717, 1.165) is 27.5 Å². The smallest absolute Gasteiger partial charge is 0.274 e. The largest absolute Gasteiger partial charge is 0.357 e. The molecule has 7 nitrogen and oxygen atoms in total. The summed E-state index contributed by atoms with van der Waals surface area (Å²) < 4.78 is 1.68. The molecular formula is C21H21N5O2. The van der Waals surface area contributed by atoms with Gasteiger partial charge in [-0.25, -0.2) is 4.98 Å². The van der Waals surface area contributed by atoms with Crippen LogP contribution in [0.4, 0.5) is 0 Å². The lowest BCUT2D eigenvalue weighted by Gasteiger charge is -2.14. The van der Waals surface area contributed by atoms with Gasteiger partial charge in [-0.05, 0) is 24.6 Å². The highest BCUT2D eigenvalue weighted by atomic mass is 16.2. The minimum absolute atomic E-state index is 0.0793. The van der Waals surface area contributed by atoms with Crippen LogP contribution in [0, 0.1) is 0 Å². The minimum Gasteiger partial charge on any atom is -0.357 e. The molecule has 0 saturated heterocycles. The summed E-state index contributed by atoms with van der Waals surface area (Å²) >= 11 is 0. The Morgan fingerprint density at radius 1 is 1.29 bits per heavy atom. The molecule has 0 saturated carbocycles. The summed E-state index contributed by atoms with van der Waals surface area (Å²) in [4.78, 5) is 37.5. The van der Waals surface area contributed by atoms with Gasteiger partial charge in [-0.2, -0.15) is 0 Å². The van der Waals surface area contributed by atoms with E-state index in [1.807, 2.05) is 18.3 Å². The Morgan fingerprint density at radius 3 is 2.86 bits per heavy atom. The third kappa shape index (κ3) is 2.81. The average Bonchev–Trinajstić information content (AvgIpc) is 3.35. The van der Waals surface area contributed by atoms with Crippen molar-refractivity contribution in [3.05, 3.63) is 65.5 Å². The minimum atomic E-state index is -0.0944. The van der Waals surface area contributed by atoms with Crippen LogP contribution in [0.1, 0.15) is 16.8 Å². The van der Waals surface area contributed by atoms with Gasteiger partial charge in [-0.3, -0.25) is 9.59 Å². The summed E-state index contributed by atoms with van der Waals surface area (Å²) in [5, 5.41) is 0.804. The molecule has 0 aliphatic carbocycles. The standard InChI is InChI=1S/C21H21N5O2/c1-4-5-8-26-11-16(14-6-7-22-19(14)21(26)28)15-9-13(20(27)25(2)3)10-17-18(15)24-12-23-17/h4,6-7,9-12,22H,1,5,8H2,2-3H3,(H,23,24). The molecule has 0 atom stereocenters. The molecule has 7 heteroatoms. The van der Waals surface area contributed by atoms with Gasteiger partial charge in [0.15, 0.2) is 0 Å². The maximum absolute atomic E-state index is 12.8. The second-order valence-electron chi connectivity index (χ2n) is 6.91. The van der Waals surface area contributed by atoms with E-state index in [0.29, 0.717) is 24.0 Å². The number of imidazole rings is 1. The van der Waals surface area contributed by atoms with Gasteiger partial charge in [0.2, 0.25) is 0 Å². The molecule has 4 aromatic rings. The van der Waals surface area contributed by atoms with E-state index >= 15 is 0 Å². The van der Waals surface area contributed by atoms with E-state index in [1.54, 1.807) is 43.3 Å². The zero-order valence-electron chi connectivity index (χ0n) is 15.8. The molecule has 142 valence electrons. The summed E-state index contributed by atoms with van der Waals surface area (Å²) in [7, 11) is 3.44. The van der Waals surface area contributed by atoms with Crippen LogP contribution in [0.25, 0.3) is 33.1 Å². The van der Waals surface area contributed by atoms with Crippen molar-refractivity contribution in [2.24, 2.45) is 0 Å². The SMILES string of the molecule is C=CCCn1cc(-c2cc(C(=O)N(C)C)cc3[nH]cnc23)c2cc[nH]c2c1=O. The third-order valence-corrected chi connectivity index (χ3v) is 4.84. The van der Waals surface area contributed by atoms with Crippen molar-refractivity contribution < 1.29 is 4.79 Å². The highest BCUT2D eigenvalue weighted by Gasteiger charge is 2.18. The van der Waals surface area contributed by atoms with E-state index < -0.39 is 0 Å². The number of H-pyrrole nitrogens is 2. The van der Waals surface area contributed by atoms with Gasteiger partial charge < -0.3 is 19.4 Å². The summed E-state index contributed by atoms with van der Waals surface area (Å²) in [6.07, 6.45) is 7.68. The van der Waals surface area contributed by atoms with Gasteiger partial charge in [-0.1, -0.05) is 6.08 Å². The zero-order chi connectivity index (χ0) is 19.8. The van der Waals surface area contributed by atoms with Crippen molar-refractivity contribution in [1.29, 1.82) is 0 Å². The zero-order valence-corrected chi connectivity index (χ0v) is 15.8. The monoisotopic (exact) mass is 375 g/mol. The second kappa shape index (κ2) is 6.84. The van der Waals surface area contributed by atoms with Gasteiger partial charge in [0.1, 0.15) is 5.52 Å². The van der Waals surface area contributed by atoms with Crippen molar-refractivity contribution in [1.82, 2.24) is 24.4 Å². The molecule has 2 N–H and O–H groups in total. The molecule has 0 bridgehead atoms. The van der Waals surface area contributed by atoms with E-state index in [-0.39, 0.29) is 11.5 Å². The highest BCUT2D eigenvalue weighted by Crippen LogP contribution is 2.32. The molecular weight excluding hydrogens is 354 g/mol. The van der Waals surface area contributed by atoms with E-state index in [4.69, 9.17) is 0 Å². The van der Waals surface area contributed by atoms with Gasteiger partial charge in [0, 0.05) is 55.1 Å². The number of aromatic nitrogens is 4. The fraction of sp³-hybridized carbons (Fsp3) is 0.190. The molecule has 0 aliphatic rings. The Labute approximate surface area is 161 Å². The molecule has 3 aromatic heterocycles. The van der Waals surface area contributed by atoms with Gasteiger partial charge in [0.25, 0.3) is 11.5 Å². The number of pyridine rings is 1. The quantitative estimate of drug-likeness (QED) is 0.525. The number of hydrogen-bond donors (Lipinski definition) is 2. The van der Waals surface area contributed by atoms with Crippen molar-refractivity contribution in [3.8, 4) is 11.1 Å². The fourth-order valence-electron chi connectivity index (χ4n) is 3.45. The Balaban J connectivity index is 2.03. The molecule has 28 heavy (non-hydrogen) atoms. The molecule has 0 aliphatic heterocycles. The van der Waals surface area contributed by atoms with Crippen LogP contribution in [0.5, 0.6) is 0 Å². The number of benzene rings is 1. The molecule has 0 radical (unpaired) electrons.